The van der Waals surface area contributed by atoms with Crippen molar-refractivity contribution in [3.8, 4) is 5.75 Å². The van der Waals surface area contributed by atoms with Crippen molar-refractivity contribution in [1.29, 1.82) is 0 Å². The molecular weight excluding hydrogens is 358 g/mol. The molecule has 0 radical (unpaired) electrons. The van der Waals surface area contributed by atoms with E-state index >= 15 is 0 Å². The topological polar surface area (TPSA) is 77.8 Å². The molecule has 3 aromatic rings. The minimum Gasteiger partial charge on any atom is -0.495 e. The third kappa shape index (κ3) is 4.23. The molecule has 3 rings (SSSR count). The van der Waals surface area contributed by atoms with E-state index < -0.39 is 18.0 Å². The fourth-order valence-electron chi connectivity index (χ4n) is 2.79. The zero-order chi connectivity index (χ0) is 20.1. The molecule has 0 bridgehead atoms. The van der Waals surface area contributed by atoms with Gasteiger partial charge in [-0.05, 0) is 37.6 Å². The fraction of sp³-hybridized carbons (Fsp3) is 0.182. The number of nitrogens with one attached hydrogen (secondary N) is 1. The Balaban J connectivity index is 1.89. The van der Waals surface area contributed by atoms with Crippen LogP contribution in [0.4, 0.5) is 5.69 Å². The van der Waals surface area contributed by atoms with Crippen molar-refractivity contribution in [2.75, 3.05) is 12.4 Å². The Hall–Kier alpha value is -3.54. The van der Waals surface area contributed by atoms with Crippen molar-refractivity contribution in [2.24, 2.45) is 0 Å². The van der Waals surface area contributed by atoms with E-state index in [1.54, 1.807) is 43.3 Å². The summed E-state index contributed by atoms with van der Waals surface area (Å²) < 4.78 is 16.0. The summed E-state index contributed by atoms with van der Waals surface area (Å²) >= 11 is 0. The minimum atomic E-state index is -1.13. The molecule has 6 nitrogen and oxygen atoms in total. The molecule has 0 aliphatic rings. The molecule has 28 heavy (non-hydrogen) atoms. The predicted molar refractivity (Wildman–Crippen MR) is 104 cm³/mol. The van der Waals surface area contributed by atoms with Crippen LogP contribution in [0, 0.1) is 13.8 Å². The van der Waals surface area contributed by atoms with Crippen LogP contribution in [0.5, 0.6) is 5.75 Å². The van der Waals surface area contributed by atoms with Crippen LogP contribution in [0.1, 0.15) is 33.3 Å². The molecule has 0 spiro atoms. The average Bonchev–Trinajstić information content (AvgIpc) is 3.13. The molecule has 1 amide bonds. The summed E-state index contributed by atoms with van der Waals surface area (Å²) in [4.78, 5) is 25.6. The van der Waals surface area contributed by atoms with Crippen molar-refractivity contribution in [2.45, 2.75) is 20.0 Å². The summed E-state index contributed by atoms with van der Waals surface area (Å²) in [6.45, 7) is 3.57. The molecule has 0 saturated carbocycles. The number of rotatable bonds is 6. The van der Waals surface area contributed by atoms with Gasteiger partial charge in [-0.15, -0.1) is 0 Å². The highest BCUT2D eigenvalue weighted by molar-refractivity contribution is 5.99. The quantitative estimate of drug-likeness (QED) is 0.641. The second kappa shape index (κ2) is 8.43. The number of benzene rings is 2. The molecule has 0 aliphatic heterocycles. The molecular formula is C22H21NO5. The Labute approximate surface area is 163 Å². The van der Waals surface area contributed by atoms with Gasteiger partial charge in [-0.3, -0.25) is 4.79 Å². The van der Waals surface area contributed by atoms with Crippen LogP contribution in [0.25, 0.3) is 0 Å². The van der Waals surface area contributed by atoms with Gasteiger partial charge in [-0.2, -0.15) is 0 Å². The van der Waals surface area contributed by atoms with E-state index in [9.17, 15) is 9.59 Å². The van der Waals surface area contributed by atoms with Gasteiger partial charge in [0.1, 0.15) is 17.1 Å². The zero-order valence-corrected chi connectivity index (χ0v) is 15.9. The zero-order valence-electron chi connectivity index (χ0n) is 15.9. The van der Waals surface area contributed by atoms with Gasteiger partial charge in [-0.1, -0.05) is 36.4 Å². The summed E-state index contributed by atoms with van der Waals surface area (Å²) in [7, 11) is 1.52. The number of aryl methyl sites for hydroxylation is 2. The van der Waals surface area contributed by atoms with Crippen molar-refractivity contribution in [1.82, 2.24) is 0 Å². The maximum atomic E-state index is 13.0. The molecule has 144 valence electrons. The standard InChI is InChI=1S/C22H21NO5/c1-14-9-10-19(26-3)18(13-14)23-21(24)20(16-7-5-4-6-8-16)28-22(25)17-11-12-27-15(17)2/h4-13,20H,1-3H3,(H,23,24)/t20-/m1/s1. The maximum Gasteiger partial charge on any atom is 0.342 e. The fourth-order valence-corrected chi connectivity index (χ4v) is 2.79. The van der Waals surface area contributed by atoms with Gasteiger partial charge < -0.3 is 19.2 Å². The monoisotopic (exact) mass is 379 g/mol. The van der Waals surface area contributed by atoms with E-state index in [0.29, 0.717) is 22.8 Å². The molecule has 0 aliphatic carbocycles. The van der Waals surface area contributed by atoms with E-state index in [-0.39, 0.29) is 5.56 Å². The Morgan fingerprint density at radius 1 is 1.04 bits per heavy atom. The highest BCUT2D eigenvalue weighted by atomic mass is 16.5. The number of furan rings is 1. The highest BCUT2D eigenvalue weighted by Gasteiger charge is 2.27. The number of amides is 1. The first-order valence-corrected chi connectivity index (χ1v) is 8.75. The number of hydrogen-bond acceptors (Lipinski definition) is 5. The Morgan fingerprint density at radius 2 is 1.79 bits per heavy atom. The minimum absolute atomic E-state index is 0.280. The van der Waals surface area contributed by atoms with Gasteiger partial charge in [0.2, 0.25) is 6.10 Å². The van der Waals surface area contributed by atoms with Crippen molar-refractivity contribution < 1.29 is 23.5 Å². The summed E-state index contributed by atoms with van der Waals surface area (Å²) in [6, 6.07) is 15.8. The lowest BCUT2D eigenvalue weighted by Gasteiger charge is -2.19. The number of ether oxygens (including phenoxy) is 2. The number of carbonyl (C=O) groups is 2. The molecule has 6 heteroatoms. The second-order valence-corrected chi connectivity index (χ2v) is 6.28. The Morgan fingerprint density at radius 3 is 2.43 bits per heavy atom. The largest absolute Gasteiger partial charge is 0.495 e. The molecule has 1 N–H and O–H groups in total. The summed E-state index contributed by atoms with van der Waals surface area (Å²) in [5, 5.41) is 2.80. The van der Waals surface area contributed by atoms with Gasteiger partial charge in [0.25, 0.3) is 5.91 Å². The Kier molecular flexibility index (Phi) is 5.79. The SMILES string of the molecule is COc1ccc(C)cc1NC(=O)[C@H](OC(=O)c1ccoc1C)c1ccccc1. The summed E-state index contributed by atoms with van der Waals surface area (Å²) in [5.41, 5.74) is 2.30. The number of methoxy groups -OCH3 is 1. The summed E-state index contributed by atoms with van der Waals surface area (Å²) in [5.74, 6) is -0.170. The van der Waals surface area contributed by atoms with E-state index in [1.165, 1.54) is 19.4 Å². The molecule has 2 aromatic carbocycles. The lowest BCUT2D eigenvalue weighted by atomic mass is 10.1. The number of hydrogen-bond donors (Lipinski definition) is 1. The first-order valence-electron chi connectivity index (χ1n) is 8.75. The first kappa shape index (κ1) is 19.2. The van der Waals surface area contributed by atoms with Gasteiger partial charge in [-0.25, -0.2) is 4.79 Å². The van der Waals surface area contributed by atoms with Crippen LogP contribution in [-0.4, -0.2) is 19.0 Å². The van der Waals surface area contributed by atoms with Crippen LogP contribution in [0.3, 0.4) is 0 Å². The van der Waals surface area contributed by atoms with E-state index in [1.807, 2.05) is 19.1 Å². The summed E-state index contributed by atoms with van der Waals surface area (Å²) in [6.07, 6.45) is 0.273. The molecule has 0 fully saturated rings. The van der Waals surface area contributed by atoms with Crippen molar-refractivity contribution >= 4 is 17.6 Å². The lowest BCUT2D eigenvalue weighted by molar-refractivity contribution is -0.125. The van der Waals surface area contributed by atoms with Crippen LogP contribution >= 0.6 is 0 Å². The van der Waals surface area contributed by atoms with Gasteiger partial charge in [0.05, 0.1) is 19.1 Å². The Bertz CT molecular complexity index is 978. The number of anilines is 1. The van der Waals surface area contributed by atoms with Crippen LogP contribution in [0.15, 0.2) is 65.3 Å². The second-order valence-electron chi connectivity index (χ2n) is 6.28. The normalized spacial score (nSPS) is 11.5. The van der Waals surface area contributed by atoms with Gasteiger partial charge >= 0.3 is 5.97 Å². The molecule has 0 unspecified atom stereocenters. The maximum absolute atomic E-state index is 13.0. The third-order valence-electron chi connectivity index (χ3n) is 4.26. The molecule has 0 saturated heterocycles. The van der Waals surface area contributed by atoms with Crippen molar-refractivity contribution in [3.63, 3.8) is 0 Å². The lowest BCUT2D eigenvalue weighted by Crippen LogP contribution is -2.26. The first-order chi connectivity index (χ1) is 13.5. The number of carbonyl (C=O) groups excluding carboxylic acids is 2. The highest BCUT2D eigenvalue weighted by Crippen LogP contribution is 2.28. The van der Waals surface area contributed by atoms with E-state index in [2.05, 4.69) is 5.32 Å². The third-order valence-corrected chi connectivity index (χ3v) is 4.26. The van der Waals surface area contributed by atoms with Gasteiger partial charge in [0, 0.05) is 5.56 Å². The molecule has 1 atom stereocenters. The van der Waals surface area contributed by atoms with Crippen LogP contribution < -0.4 is 10.1 Å². The van der Waals surface area contributed by atoms with E-state index in [0.717, 1.165) is 5.56 Å². The van der Waals surface area contributed by atoms with Crippen molar-refractivity contribution in [3.05, 3.63) is 83.3 Å². The average molecular weight is 379 g/mol. The van der Waals surface area contributed by atoms with Gasteiger partial charge in [0.15, 0.2) is 0 Å². The molecule has 1 aromatic heterocycles. The smallest absolute Gasteiger partial charge is 0.342 e. The van der Waals surface area contributed by atoms with Crippen LogP contribution in [0.2, 0.25) is 0 Å². The van der Waals surface area contributed by atoms with E-state index in [4.69, 9.17) is 13.9 Å². The predicted octanol–water partition coefficient (Wildman–Crippen LogP) is 4.44. The number of esters is 1. The van der Waals surface area contributed by atoms with Crippen LogP contribution in [-0.2, 0) is 9.53 Å². The molecule has 1 heterocycles.